The lowest BCUT2D eigenvalue weighted by Gasteiger charge is -2.38. The van der Waals surface area contributed by atoms with Crippen LogP contribution in [0.5, 0.6) is 0 Å². The van der Waals surface area contributed by atoms with Crippen molar-refractivity contribution in [2.75, 3.05) is 75.3 Å². The second-order valence-electron chi connectivity index (χ2n) is 16.8. The van der Waals surface area contributed by atoms with Crippen LogP contribution in [0.4, 0.5) is 16.0 Å². The molecule has 2 N–H and O–H groups in total. The molecule has 2 aromatic carbocycles. The lowest BCUT2D eigenvalue weighted by Crippen LogP contribution is -2.52. The Morgan fingerprint density at radius 2 is 1.67 bits per heavy atom. The van der Waals surface area contributed by atoms with Gasteiger partial charge in [-0.15, -0.1) is 0 Å². The van der Waals surface area contributed by atoms with Crippen LogP contribution in [0.3, 0.4) is 0 Å². The van der Waals surface area contributed by atoms with Gasteiger partial charge in [0, 0.05) is 118 Å². The summed E-state index contributed by atoms with van der Waals surface area (Å²) in [6.45, 7) is 11.6. The number of para-hydroxylation sites is 1. The number of piperidine rings is 2. The fraction of sp³-hybridized carbons (Fsp3) is 0.512. The number of hydrogen-bond acceptors (Lipinski definition) is 10. The number of anilines is 2. The van der Waals surface area contributed by atoms with Crippen LogP contribution in [0.1, 0.15) is 78.3 Å². The van der Waals surface area contributed by atoms with Crippen molar-refractivity contribution < 1.29 is 23.5 Å². The predicted octanol–water partition coefficient (Wildman–Crippen LogP) is 4.22. The van der Waals surface area contributed by atoms with Crippen molar-refractivity contribution >= 4 is 40.3 Å². The molecule has 14 heteroatoms. The Labute approximate surface area is 332 Å². The van der Waals surface area contributed by atoms with Gasteiger partial charge in [0.05, 0.1) is 18.8 Å². The van der Waals surface area contributed by atoms with E-state index in [1.54, 1.807) is 18.7 Å². The standard InChI is InChI=1S/C43H52FN9O4/c1-43(2,44)27-52-16-13-34-33-5-3-4-6-35(33)47-38(34)39(52)29-24-45-42(46-25-29)51-14-11-31(12-15-51)57-22-21-49-17-19-50(20-18-49)30-7-8-32-28(23-30)26-53(41(32)56)36-9-10-37(54)48-40(36)55/h3-8,23-25,31,36,39,47H,9-22,26-27H2,1-2H3,(H,48,54,55). The van der Waals surface area contributed by atoms with Gasteiger partial charge in [-0.25, -0.2) is 14.4 Å². The van der Waals surface area contributed by atoms with Crippen LogP contribution < -0.4 is 15.1 Å². The van der Waals surface area contributed by atoms with Crippen LogP contribution in [-0.4, -0.2) is 131 Å². The van der Waals surface area contributed by atoms with Crippen molar-refractivity contribution in [1.29, 1.82) is 0 Å². The number of rotatable bonds is 10. The summed E-state index contributed by atoms with van der Waals surface area (Å²) in [5.74, 6) is -0.0832. The van der Waals surface area contributed by atoms with Crippen LogP contribution >= 0.6 is 0 Å². The van der Waals surface area contributed by atoms with Crippen molar-refractivity contribution in [3.8, 4) is 0 Å². The number of halogens is 1. The number of aromatic amines is 1. The molecule has 2 atom stereocenters. The van der Waals surface area contributed by atoms with E-state index < -0.39 is 11.7 Å². The first-order valence-electron chi connectivity index (χ1n) is 20.5. The van der Waals surface area contributed by atoms with Gasteiger partial charge in [0.15, 0.2) is 0 Å². The zero-order valence-corrected chi connectivity index (χ0v) is 32.9. The molecule has 57 heavy (non-hydrogen) atoms. The number of aromatic nitrogens is 3. The molecular formula is C43H52FN9O4. The molecule has 2 unspecified atom stereocenters. The third-order valence-electron chi connectivity index (χ3n) is 12.4. The van der Waals surface area contributed by atoms with E-state index in [1.807, 2.05) is 30.6 Å². The van der Waals surface area contributed by atoms with Gasteiger partial charge >= 0.3 is 0 Å². The molecule has 0 radical (unpaired) electrons. The average molecular weight is 778 g/mol. The maximum Gasteiger partial charge on any atom is 0.255 e. The Balaban J connectivity index is 0.737. The van der Waals surface area contributed by atoms with Gasteiger partial charge in [0.25, 0.3) is 5.91 Å². The summed E-state index contributed by atoms with van der Waals surface area (Å²) in [6, 6.07) is 13.6. The second-order valence-corrected chi connectivity index (χ2v) is 16.8. The number of imide groups is 1. The fourth-order valence-electron chi connectivity index (χ4n) is 9.52. The highest BCUT2D eigenvalue weighted by Crippen LogP contribution is 2.39. The first-order chi connectivity index (χ1) is 27.6. The number of amides is 3. The first kappa shape index (κ1) is 37.6. The number of piperazine rings is 1. The summed E-state index contributed by atoms with van der Waals surface area (Å²) in [7, 11) is 0. The van der Waals surface area contributed by atoms with Gasteiger partial charge in [0.2, 0.25) is 17.8 Å². The predicted molar refractivity (Wildman–Crippen MR) is 215 cm³/mol. The van der Waals surface area contributed by atoms with E-state index in [9.17, 15) is 14.4 Å². The minimum absolute atomic E-state index is 0.141. The molecule has 13 nitrogen and oxygen atoms in total. The third-order valence-corrected chi connectivity index (χ3v) is 12.4. The molecule has 3 fully saturated rings. The summed E-state index contributed by atoms with van der Waals surface area (Å²) < 4.78 is 21.4. The quantitative estimate of drug-likeness (QED) is 0.226. The number of H-pyrrole nitrogens is 1. The average Bonchev–Trinajstić information content (AvgIpc) is 3.74. The molecule has 300 valence electrons. The van der Waals surface area contributed by atoms with Gasteiger partial charge in [-0.05, 0) is 74.9 Å². The zero-order chi connectivity index (χ0) is 39.3. The maximum atomic E-state index is 15.0. The largest absolute Gasteiger partial charge is 0.377 e. The molecule has 3 saturated heterocycles. The Hall–Kier alpha value is -4.92. The summed E-state index contributed by atoms with van der Waals surface area (Å²) in [6.07, 6.45) is 7.38. The van der Waals surface area contributed by atoms with E-state index in [0.29, 0.717) is 31.7 Å². The van der Waals surface area contributed by atoms with Crippen LogP contribution in [0.15, 0.2) is 54.9 Å². The Morgan fingerprint density at radius 1 is 0.895 bits per heavy atom. The summed E-state index contributed by atoms with van der Waals surface area (Å²) in [4.78, 5) is 61.4. The van der Waals surface area contributed by atoms with Crippen LogP contribution in [0, 0.1) is 0 Å². The van der Waals surface area contributed by atoms with Crippen molar-refractivity contribution in [2.24, 2.45) is 0 Å². The molecule has 5 aliphatic heterocycles. The lowest BCUT2D eigenvalue weighted by molar-refractivity contribution is -0.136. The van der Waals surface area contributed by atoms with Gasteiger partial charge in [0.1, 0.15) is 11.7 Å². The molecule has 0 spiro atoms. The SMILES string of the molecule is CC(C)(F)CN1CCc2c([nH]c3ccccc23)C1c1cnc(N2CCC(OCCN3CCN(c4ccc5c(c4)CN(C4CCC(=O)NC4=O)C5=O)CC3)CC2)nc1. The van der Waals surface area contributed by atoms with Crippen molar-refractivity contribution in [3.63, 3.8) is 0 Å². The van der Waals surface area contributed by atoms with E-state index in [4.69, 9.17) is 14.7 Å². The topological polar surface area (TPSA) is 130 Å². The number of hydrogen-bond donors (Lipinski definition) is 2. The van der Waals surface area contributed by atoms with Crippen LogP contribution in [0.2, 0.25) is 0 Å². The summed E-state index contributed by atoms with van der Waals surface area (Å²) >= 11 is 0. The molecule has 0 bridgehead atoms. The second kappa shape index (κ2) is 15.4. The van der Waals surface area contributed by atoms with E-state index in [0.717, 1.165) is 106 Å². The number of carbonyl (C=O) groups excluding carboxylic acids is 3. The number of fused-ring (bicyclic) bond motifs is 4. The van der Waals surface area contributed by atoms with Crippen molar-refractivity contribution in [1.82, 2.24) is 35.0 Å². The molecule has 9 rings (SSSR count). The summed E-state index contributed by atoms with van der Waals surface area (Å²) in [5.41, 5.74) is 5.82. The number of ether oxygens (including phenoxy) is 1. The highest BCUT2D eigenvalue weighted by molar-refractivity contribution is 6.05. The molecule has 4 aromatic rings. The number of nitrogens with one attached hydrogen (secondary N) is 2. The molecule has 0 aliphatic carbocycles. The van der Waals surface area contributed by atoms with E-state index in [1.165, 1.54) is 10.9 Å². The van der Waals surface area contributed by atoms with Gasteiger partial charge in [-0.1, -0.05) is 18.2 Å². The number of carbonyl (C=O) groups is 3. The molecule has 3 amide bonds. The normalized spacial score (nSPS) is 22.6. The highest BCUT2D eigenvalue weighted by Gasteiger charge is 2.40. The van der Waals surface area contributed by atoms with Gasteiger partial charge < -0.3 is 24.4 Å². The zero-order valence-electron chi connectivity index (χ0n) is 32.9. The molecular weight excluding hydrogens is 726 g/mol. The minimum atomic E-state index is -1.33. The Bertz CT molecular complexity index is 2140. The number of nitrogens with zero attached hydrogens (tertiary/aromatic N) is 7. The first-order valence-corrected chi connectivity index (χ1v) is 20.5. The van der Waals surface area contributed by atoms with Gasteiger partial charge in [-0.3, -0.25) is 29.5 Å². The molecule has 7 heterocycles. The minimum Gasteiger partial charge on any atom is -0.377 e. The summed E-state index contributed by atoms with van der Waals surface area (Å²) in [5, 5.41) is 3.61. The lowest BCUT2D eigenvalue weighted by atomic mass is 9.92. The monoisotopic (exact) mass is 777 g/mol. The number of benzene rings is 2. The van der Waals surface area contributed by atoms with Crippen LogP contribution in [0.25, 0.3) is 10.9 Å². The van der Waals surface area contributed by atoms with Crippen molar-refractivity contribution in [2.45, 2.75) is 76.4 Å². The molecule has 2 aromatic heterocycles. The highest BCUT2D eigenvalue weighted by atomic mass is 19.1. The van der Waals surface area contributed by atoms with E-state index in [-0.39, 0.29) is 36.3 Å². The Kier molecular flexibility index (Phi) is 10.2. The smallest absolute Gasteiger partial charge is 0.255 e. The van der Waals surface area contributed by atoms with Crippen LogP contribution in [-0.2, 0) is 27.3 Å². The van der Waals surface area contributed by atoms with E-state index >= 15 is 4.39 Å². The van der Waals surface area contributed by atoms with Gasteiger partial charge in [-0.2, -0.15) is 0 Å². The maximum absolute atomic E-state index is 15.0. The third kappa shape index (κ3) is 7.74. The number of alkyl halides is 1. The fourth-order valence-corrected chi connectivity index (χ4v) is 9.52. The van der Waals surface area contributed by atoms with Crippen molar-refractivity contribution in [3.05, 3.63) is 82.8 Å². The molecule has 0 saturated carbocycles. The van der Waals surface area contributed by atoms with E-state index in [2.05, 4.69) is 54.2 Å². The molecule has 5 aliphatic rings. The Morgan fingerprint density at radius 3 is 2.42 bits per heavy atom.